The summed E-state index contributed by atoms with van der Waals surface area (Å²) in [7, 11) is 0. The van der Waals surface area contributed by atoms with E-state index in [4.69, 9.17) is 5.73 Å². The summed E-state index contributed by atoms with van der Waals surface area (Å²) >= 11 is 0. The molecule has 1 saturated heterocycles. The molecular formula is C22H24N4O2. The van der Waals surface area contributed by atoms with Crippen LogP contribution in [-0.4, -0.2) is 39.4 Å². The maximum absolute atomic E-state index is 13.0. The highest BCUT2D eigenvalue weighted by Crippen LogP contribution is 2.27. The van der Waals surface area contributed by atoms with Crippen molar-refractivity contribution in [2.24, 2.45) is 5.73 Å². The van der Waals surface area contributed by atoms with Gasteiger partial charge in [-0.25, -0.2) is 4.98 Å². The second-order valence-electron chi connectivity index (χ2n) is 7.37. The number of piperidine rings is 1. The number of rotatable bonds is 5. The molecule has 0 bridgehead atoms. The van der Waals surface area contributed by atoms with Crippen LogP contribution >= 0.6 is 0 Å². The standard InChI is InChI=1S/C22H24N4O2/c23-20(27)15-26-12-10-24-22(26)18-8-4-11-25(14-18)21(28)13-17-7-3-6-16-5-1-2-9-19(16)17/h1-3,5-7,9-10,12,18H,4,8,11,13-15H2,(H2,23,27)/t18-/m0/s1. The smallest absolute Gasteiger partial charge is 0.237 e. The van der Waals surface area contributed by atoms with Crippen molar-refractivity contribution in [2.45, 2.75) is 31.7 Å². The topological polar surface area (TPSA) is 81.2 Å². The quantitative estimate of drug-likeness (QED) is 0.743. The number of fused-ring (bicyclic) bond motifs is 1. The molecule has 2 N–H and O–H groups in total. The summed E-state index contributed by atoms with van der Waals surface area (Å²) in [6.45, 7) is 1.51. The number of carbonyl (C=O) groups excluding carboxylic acids is 2. The molecule has 0 spiro atoms. The van der Waals surface area contributed by atoms with Gasteiger partial charge in [0, 0.05) is 31.4 Å². The second kappa shape index (κ2) is 7.84. The van der Waals surface area contributed by atoms with Gasteiger partial charge in [0.25, 0.3) is 0 Å². The van der Waals surface area contributed by atoms with Crippen molar-refractivity contribution in [3.63, 3.8) is 0 Å². The van der Waals surface area contributed by atoms with Gasteiger partial charge >= 0.3 is 0 Å². The van der Waals surface area contributed by atoms with Gasteiger partial charge in [0.2, 0.25) is 11.8 Å². The zero-order valence-corrected chi connectivity index (χ0v) is 15.8. The fraction of sp³-hybridized carbons (Fsp3) is 0.318. The van der Waals surface area contributed by atoms with Crippen LogP contribution in [0.5, 0.6) is 0 Å². The van der Waals surface area contributed by atoms with Crippen molar-refractivity contribution in [3.8, 4) is 0 Å². The lowest BCUT2D eigenvalue weighted by Crippen LogP contribution is -2.40. The van der Waals surface area contributed by atoms with Crippen LogP contribution in [0.15, 0.2) is 54.9 Å². The first-order valence-corrected chi connectivity index (χ1v) is 9.65. The van der Waals surface area contributed by atoms with Crippen molar-refractivity contribution in [1.82, 2.24) is 14.5 Å². The monoisotopic (exact) mass is 376 g/mol. The molecule has 4 rings (SSSR count). The molecule has 0 saturated carbocycles. The lowest BCUT2D eigenvalue weighted by Gasteiger charge is -2.33. The number of amides is 2. The molecule has 2 heterocycles. The van der Waals surface area contributed by atoms with Gasteiger partial charge in [0.05, 0.1) is 6.42 Å². The minimum absolute atomic E-state index is 0.121. The molecule has 0 aliphatic carbocycles. The molecule has 0 unspecified atom stereocenters. The fourth-order valence-corrected chi connectivity index (χ4v) is 4.12. The summed E-state index contributed by atoms with van der Waals surface area (Å²) in [5.41, 5.74) is 6.39. The van der Waals surface area contributed by atoms with Crippen LogP contribution < -0.4 is 5.73 Å². The van der Waals surface area contributed by atoms with E-state index in [2.05, 4.69) is 23.2 Å². The van der Waals surface area contributed by atoms with Gasteiger partial charge in [-0.2, -0.15) is 0 Å². The Morgan fingerprint density at radius 2 is 1.96 bits per heavy atom. The van der Waals surface area contributed by atoms with Gasteiger partial charge < -0.3 is 15.2 Å². The molecule has 1 aromatic heterocycles. The van der Waals surface area contributed by atoms with Gasteiger partial charge in [-0.3, -0.25) is 9.59 Å². The third kappa shape index (κ3) is 3.76. The number of nitrogens with zero attached hydrogens (tertiary/aromatic N) is 3. The van der Waals surface area contributed by atoms with Crippen LogP contribution in [0.2, 0.25) is 0 Å². The van der Waals surface area contributed by atoms with Gasteiger partial charge in [0.15, 0.2) is 0 Å². The predicted molar refractivity (Wildman–Crippen MR) is 108 cm³/mol. The number of primary amides is 1. The Hall–Kier alpha value is -3.15. The van der Waals surface area contributed by atoms with Crippen LogP contribution in [-0.2, 0) is 22.6 Å². The highest BCUT2D eigenvalue weighted by atomic mass is 16.2. The number of benzene rings is 2. The largest absolute Gasteiger partial charge is 0.368 e. The second-order valence-corrected chi connectivity index (χ2v) is 7.37. The predicted octanol–water partition coefficient (Wildman–Crippen LogP) is 2.47. The summed E-state index contributed by atoms with van der Waals surface area (Å²) in [4.78, 5) is 30.7. The summed E-state index contributed by atoms with van der Waals surface area (Å²) in [5, 5.41) is 2.28. The Morgan fingerprint density at radius 3 is 2.82 bits per heavy atom. The van der Waals surface area contributed by atoms with E-state index in [-0.39, 0.29) is 24.3 Å². The van der Waals surface area contributed by atoms with Gasteiger partial charge in [-0.1, -0.05) is 42.5 Å². The van der Waals surface area contributed by atoms with E-state index in [0.29, 0.717) is 13.0 Å². The Labute approximate surface area is 164 Å². The van der Waals surface area contributed by atoms with Crippen molar-refractivity contribution in [2.75, 3.05) is 13.1 Å². The first-order chi connectivity index (χ1) is 13.6. The minimum atomic E-state index is -0.390. The van der Waals surface area contributed by atoms with Crippen LogP contribution in [0.3, 0.4) is 0 Å². The molecule has 6 heteroatoms. The summed E-state index contributed by atoms with van der Waals surface area (Å²) in [6.07, 6.45) is 5.74. The number of hydrogen-bond donors (Lipinski definition) is 1. The van der Waals surface area contributed by atoms with E-state index in [1.807, 2.05) is 29.2 Å². The number of nitrogens with two attached hydrogens (primary N) is 1. The van der Waals surface area contributed by atoms with Gasteiger partial charge in [0.1, 0.15) is 12.4 Å². The summed E-state index contributed by atoms with van der Waals surface area (Å²) in [5.74, 6) is 0.703. The zero-order valence-electron chi connectivity index (χ0n) is 15.8. The lowest BCUT2D eigenvalue weighted by molar-refractivity contribution is -0.131. The molecule has 1 atom stereocenters. The van der Waals surface area contributed by atoms with E-state index >= 15 is 0 Å². The van der Waals surface area contributed by atoms with E-state index in [0.717, 1.165) is 41.5 Å². The molecule has 28 heavy (non-hydrogen) atoms. The molecule has 2 aromatic carbocycles. The first-order valence-electron chi connectivity index (χ1n) is 9.65. The number of likely N-dealkylation sites (tertiary alicyclic amines) is 1. The van der Waals surface area contributed by atoms with Crippen LogP contribution in [0.25, 0.3) is 10.8 Å². The maximum atomic E-state index is 13.0. The fourth-order valence-electron chi connectivity index (χ4n) is 4.12. The Bertz CT molecular complexity index is 1010. The van der Waals surface area contributed by atoms with Crippen LogP contribution in [0.4, 0.5) is 0 Å². The Kier molecular flexibility index (Phi) is 5.10. The average molecular weight is 376 g/mol. The van der Waals surface area contributed by atoms with Crippen molar-refractivity contribution in [3.05, 3.63) is 66.2 Å². The summed E-state index contributed by atoms with van der Waals surface area (Å²) in [6, 6.07) is 14.3. The Balaban J connectivity index is 1.49. The molecule has 6 nitrogen and oxygen atoms in total. The number of aromatic nitrogens is 2. The molecule has 1 fully saturated rings. The van der Waals surface area contributed by atoms with E-state index < -0.39 is 0 Å². The summed E-state index contributed by atoms with van der Waals surface area (Å²) < 4.78 is 1.80. The van der Waals surface area contributed by atoms with Crippen molar-refractivity contribution in [1.29, 1.82) is 0 Å². The van der Waals surface area contributed by atoms with Gasteiger partial charge in [-0.05, 0) is 29.2 Å². The van der Waals surface area contributed by atoms with E-state index in [1.54, 1.807) is 17.0 Å². The SMILES string of the molecule is NC(=O)Cn1ccnc1[C@H]1CCCN(C(=O)Cc2cccc3ccccc23)C1. The van der Waals surface area contributed by atoms with E-state index in [9.17, 15) is 9.59 Å². The third-order valence-corrected chi connectivity index (χ3v) is 5.43. The lowest BCUT2D eigenvalue weighted by atomic mass is 9.96. The normalized spacial score (nSPS) is 17.0. The average Bonchev–Trinajstić information content (AvgIpc) is 3.16. The highest BCUT2D eigenvalue weighted by Gasteiger charge is 2.27. The molecule has 2 amide bonds. The third-order valence-electron chi connectivity index (χ3n) is 5.43. The minimum Gasteiger partial charge on any atom is -0.368 e. The highest BCUT2D eigenvalue weighted by molar-refractivity contribution is 5.90. The molecule has 0 radical (unpaired) electrons. The maximum Gasteiger partial charge on any atom is 0.237 e. The number of hydrogen-bond acceptors (Lipinski definition) is 3. The van der Waals surface area contributed by atoms with E-state index in [1.165, 1.54) is 0 Å². The van der Waals surface area contributed by atoms with Crippen molar-refractivity contribution < 1.29 is 9.59 Å². The molecule has 3 aromatic rings. The van der Waals surface area contributed by atoms with Gasteiger partial charge in [-0.15, -0.1) is 0 Å². The Morgan fingerprint density at radius 1 is 1.14 bits per heavy atom. The molecular weight excluding hydrogens is 352 g/mol. The molecule has 144 valence electrons. The molecule has 1 aliphatic rings. The van der Waals surface area contributed by atoms with Crippen molar-refractivity contribution >= 4 is 22.6 Å². The molecule has 1 aliphatic heterocycles. The number of imidazole rings is 1. The van der Waals surface area contributed by atoms with Crippen LogP contribution in [0.1, 0.15) is 30.1 Å². The van der Waals surface area contributed by atoms with Crippen LogP contribution in [0, 0.1) is 0 Å². The number of carbonyl (C=O) groups is 2. The first kappa shape index (κ1) is 18.2. The zero-order chi connectivity index (χ0) is 19.5.